The normalized spacial score (nSPS) is 10.3. The molecule has 0 aliphatic carbocycles. The minimum Gasteiger partial charge on any atom is -0.550 e. The van der Waals surface area contributed by atoms with Crippen molar-refractivity contribution in [3.63, 3.8) is 0 Å². The number of para-hydroxylation sites is 1. The van der Waals surface area contributed by atoms with Crippen molar-refractivity contribution in [2.45, 2.75) is 13.3 Å². The maximum Gasteiger partial charge on any atom is 0.148 e. The highest BCUT2D eigenvalue weighted by atomic mass is 35.5. The Kier molecular flexibility index (Phi) is 4.25. The van der Waals surface area contributed by atoms with Crippen LogP contribution in [0.15, 0.2) is 36.4 Å². The molecule has 3 nitrogen and oxygen atoms in total. The van der Waals surface area contributed by atoms with Crippen LogP contribution in [0.3, 0.4) is 0 Å². The standard InChI is InChI=1S/C15H13ClFNO2/c1-9-5-6-13(10(7-9)8-14(19)20)18-15-11(16)3-2-4-12(15)17/h2-7,18H,8H2,1H3,(H,19,20)/p-1. The molecular weight excluding hydrogens is 281 g/mol. The molecular formula is C15H12ClFNO2-. The van der Waals surface area contributed by atoms with Gasteiger partial charge in [-0.25, -0.2) is 4.39 Å². The maximum atomic E-state index is 13.7. The highest BCUT2D eigenvalue weighted by Gasteiger charge is 2.10. The summed E-state index contributed by atoms with van der Waals surface area (Å²) < 4.78 is 13.7. The van der Waals surface area contributed by atoms with Gasteiger partial charge in [0.1, 0.15) is 5.82 Å². The Labute approximate surface area is 121 Å². The smallest absolute Gasteiger partial charge is 0.148 e. The lowest BCUT2D eigenvalue weighted by Gasteiger charge is -2.15. The minimum absolute atomic E-state index is 0.123. The third-order valence-electron chi connectivity index (χ3n) is 2.82. The van der Waals surface area contributed by atoms with E-state index in [-0.39, 0.29) is 17.1 Å². The van der Waals surface area contributed by atoms with Crippen molar-refractivity contribution in [3.8, 4) is 0 Å². The van der Waals surface area contributed by atoms with Crippen LogP contribution >= 0.6 is 11.6 Å². The van der Waals surface area contributed by atoms with E-state index < -0.39 is 11.8 Å². The summed E-state index contributed by atoms with van der Waals surface area (Å²) in [4.78, 5) is 10.8. The summed E-state index contributed by atoms with van der Waals surface area (Å²) >= 11 is 5.94. The molecule has 0 aliphatic heterocycles. The van der Waals surface area contributed by atoms with E-state index in [0.29, 0.717) is 11.3 Å². The van der Waals surface area contributed by atoms with Gasteiger partial charge in [0.25, 0.3) is 0 Å². The molecule has 0 aliphatic rings. The minimum atomic E-state index is -1.20. The van der Waals surface area contributed by atoms with E-state index in [1.807, 2.05) is 6.92 Å². The quantitative estimate of drug-likeness (QED) is 0.943. The monoisotopic (exact) mass is 292 g/mol. The molecule has 0 radical (unpaired) electrons. The molecule has 104 valence electrons. The number of carbonyl (C=O) groups excluding carboxylic acids is 1. The zero-order valence-electron chi connectivity index (χ0n) is 10.7. The van der Waals surface area contributed by atoms with E-state index in [4.69, 9.17) is 11.6 Å². The second-order valence-electron chi connectivity index (χ2n) is 4.43. The van der Waals surface area contributed by atoms with Gasteiger partial charge in [-0.1, -0.05) is 35.4 Å². The Morgan fingerprint density at radius 2 is 2.10 bits per heavy atom. The number of carboxylic acids is 1. The Bertz CT molecular complexity index is 638. The molecule has 0 amide bonds. The lowest BCUT2D eigenvalue weighted by molar-refractivity contribution is -0.304. The number of nitrogens with one attached hydrogen (secondary N) is 1. The van der Waals surface area contributed by atoms with Gasteiger partial charge in [0.05, 0.1) is 10.7 Å². The van der Waals surface area contributed by atoms with Crippen LogP contribution in [0.1, 0.15) is 11.1 Å². The van der Waals surface area contributed by atoms with E-state index in [1.165, 1.54) is 12.1 Å². The number of aliphatic carboxylic acids is 1. The first-order valence-electron chi connectivity index (χ1n) is 5.98. The maximum absolute atomic E-state index is 13.7. The lowest BCUT2D eigenvalue weighted by Crippen LogP contribution is -2.24. The first-order valence-corrected chi connectivity index (χ1v) is 6.35. The largest absolute Gasteiger partial charge is 0.550 e. The van der Waals surface area contributed by atoms with Crippen molar-refractivity contribution in [3.05, 3.63) is 58.4 Å². The zero-order valence-corrected chi connectivity index (χ0v) is 11.5. The van der Waals surface area contributed by atoms with Gasteiger partial charge in [-0.15, -0.1) is 0 Å². The molecule has 2 aromatic rings. The van der Waals surface area contributed by atoms with Gasteiger partial charge in [-0.05, 0) is 30.7 Å². The number of carboxylic acid groups (broad SMARTS) is 1. The zero-order chi connectivity index (χ0) is 14.7. The van der Waals surface area contributed by atoms with Crippen LogP contribution < -0.4 is 10.4 Å². The highest BCUT2D eigenvalue weighted by molar-refractivity contribution is 6.33. The highest BCUT2D eigenvalue weighted by Crippen LogP contribution is 2.30. The summed E-state index contributed by atoms with van der Waals surface area (Å²) in [6.07, 6.45) is -0.254. The molecule has 0 bridgehead atoms. The molecule has 0 spiro atoms. The van der Waals surface area contributed by atoms with Crippen LogP contribution in [-0.2, 0) is 11.2 Å². The first-order chi connectivity index (χ1) is 9.47. The molecule has 0 fully saturated rings. The van der Waals surface area contributed by atoms with Crippen LogP contribution in [0.4, 0.5) is 15.8 Å². The van der Waals surface area contributed by atoms with E-state index in [1.54, 1.807) is 24.3 Å². The van der Waals surface area contributed by atoms with Crippen molar-refractivity contribution >= 4 is 28.9 Å². The Morgan fingerprint density at radius 1 is 1.35 bits per heavy atom. The fourth-order valence-corrected chi connectivity index (χ4v) is 2.11. The predicted octanol–water partition coefficient (Wildman–Crippen LogP) is 2.82. The summed E-state index contributed by atoms with van der Waals surface area (Å²) in [6.45, 7) is 1.85. The molecule has 0 atom stereocenters. The van der Waals surface area contributed by atoms with Crippen LogP contribution in [-0.4, -0.2) is 5.97 Å². The fourth-order valence-electron chi connectivity index (χ4n) is 1.90. The second kappa shape index (κ2) is 5.92. The number of hydrogen-bond acceptors (Lipinski definition) is 3. The number of hydrogen-bond donors (Lipinski definition) is 1. The summed E-state index contributed by atoms with van der Waals surface area (Å²) in [5.74, 6) is -1.70. The molecule has 0 unspecified atom stereocenters. The lowest BCUT2D eigenvalue weighted by atomic mass is 10.1. The molecule has 1 N–H and O–H groups in total. The average Bonchev–Trinajstić information content (AvgIpc) is 2.35. The van der Waals surface area contributed by atoms with Gasteiger partial charge in [0, 0.05) is 18.1 Å². The van der Waals surface area contributed by atoms with Crippen LogP contribution in [0.2, 0.25) is 5.02 Å². The van der Waals surface area contributed by atoms with Gasteiger partial charge in [0.2, 0.25) is 0 Å². The molecule has 2 aromatic carbocycles. The molecule has 2 rings (SSSR count). The van der Waals surface area contributed by atoms with Gasteiger partial charge in [-0.3, -0.25) is 0 Å². The van der Waals surface area contributed by atoms with Crippen LogP contribution in [0, 0.1) is 12.7 Å². The Hall–Kier alpha value is -2.07. The topological polar surface area (TPSA) is 52.2 Å². The van der Waals surface area contributed by atoms with E-state index >= 15 is 0 Å². The summed E-state index contributed by atoms with van der Waals surface area (Å²) in [5.41, 5.74) is 2.04. The van der Waals surface area contributed by atoms with Crippen LogP contribution in [0.25, 0.3) is 0 Å². The third kappa shape index (κ3) is 3.27. The van der Waals surface area contributed by atoms with Crippen molar-refractivity contribution in [1.82, 2.24) is 0 Å². The molecule has 0 heterocycles. The average molecular weight is 293 g/mol. The third-order valence-corrected chi connectivity index (χ3v) is 3.13. The number of rotatable bonds is 4. The van der Waals surface area contributed by atoms with E-state index in [0.717, 1.165) is 5.56 Å². The molecule has 0 saturated heterocycles. The van der Waals surface area contributed by atoms with Gasteiger partial charge in [0.15, 0.2) is 0 Å². The molecule has 20 heavy (non-hydrogen) atoms. The van der Waals surface area contributed by atoms with Crippen molar-refractivity contribution in [2.24, 2.45) is 0 Å². The summed E-state index contributed by atoms with van der Waals surface area (Å²) in [6, 6.07) is 9.54. The number of benzene rings is 2. The van der Waals surface area contributed by atoms with Gasteiger partial charge in [-0.2, -0.15) is 0 Å². The molecule has 0 aromatic heterocycles. The number of carbonyl (C=O) groups is 1. The number of anilines is 2. The fraction of sp³-hybridized carbons (Fsp3) is 0.133. The van der Waals surface area contributed by atoms with E-state index in [2.05, 4.69) is 5.32 Å². The van der Waals surface area contributed by atoms with Crippen molar-refractivity contribution in [2.75, 3.05) is 5.32 Å². The first kappa shape index (κ1) is 14.3. The summed E-state index contributed by atoms with van der Waals surface area (Å²) in [5, 5.41) is 13.8. The predicted molar refractivity (Wildman–Crippen MR) is 74.6 cm³/mol. The Morgan fingerprint density at radius 3 is 2.75 bits per heavy atom. The molecule has 5 heteroatoms. The Balaban J connectivity index is 2.40. The van der Waals surface area contributed by atoms with Gasteiger partial charge >= 0.3 is 0 Å². The SMILES string of the molecule is Cc1ccc(Nc2c(F)cccc2Cl)c(CC(=O)[O-])c1. The summed E-state index contributed by atoms with van der Waals surface area (Å²) in [7, 11) is 0. The van der Waals surface area contributed by atoms with E-state index in [9.17, 15) is 14.3 Å². The molecule has 0 saturated carbocycles. The van der Waals surface area contributed by atoms with Gasteiger partial charge < -0.3 is 15.2 Å². The van der Waals surface area contributed by atoms with Crippen molar-refractivity contribution in [1.29, 1.82) is 0 Å². The second-order valence-corrected chi connectivity index (χ2v) is 4.84. The number of aryl methyl sites for hydroxylation is 1. The van der Waals surface area contributed by atoms with Crippen LogP contribution in [0.5, 0.6) is 0 Å². The van der Waals surface area contributed by atoms with Crippen molar-refractivity contribution < 1.29 is 14.3 Å². The number of halogens is 2.